The number of amides is 2. The molecule has 0 bridgehead atoms. The molecule has 1 saturated heterocycles. The highest BCUT2D eigenvalue weighted by Gasteiger charge is 2.47. The summed E-state index contributed by atoms with van der Waals surface area (Å²) < 4.78 is 5.42. The van der Waals surface area contributed by atoms with Gasteiger partial charge in [-0.25, -0.2) is 4.79 Å². The Morgan fingerprint density at radius 1 is 1.56 bits per heavy atom. The van der Waals surface area contributed by atoms with E-state index in [1.807, 2.05) is 0 Å². The molecule has 1 unspecified atom stereocenters. The van der Waals surface area contributed by atoms with E-state index in [2.05, 4.69) is 11.6 Å². The zero-order chi connectivity index (χ0) is 11.6. The Bertz CT molecular complexity index is 330. The number of ether oxygens (including phenoxy) is 1. The molecule has 16 heavy (non-hydrogen) atoms. The molecule has 2 heterocycles. The Morgan fingerprint density at radius 2 is 2.38 bits per heavy atom. The maximum Gasteiger partial charge on any atom is 0.346 e. The van der Waals surface area contributed by atoms with Crippen LogP contribution in [-0.2, 0) is 4.74 Å². The van der Waals surface area contributed by atoms with Crippen molar-refractivity contribution >= 4 is 11.9 Å². The van der Waals surface area contributed by atoms with Gasteiger partial charge in [-0.1, -0.05) is 6.08 Å². The smallest absolute Gasteiger partial charge is 0.346 e. The Kier molecular flexibility index (Phi) is 2.96. The second kappa shape index (κ2) is 4.25. The van der Waals surface area contributed by atoms with E-state index in [-0.39, 0.29) is 6.03 Å². The fourth-order valence-electron chi connectivity index (χ4n) is 2.43. The van der Waals surface area contributed by atoms with E-state index in [4.69, 9.17) is 10.5 Å². The lowest BCUT2D eigenvalue weighted by Crippen LogP contribution is -2.54. The Hall–Kier alpha value is -1.36. The SMILES string of the molecule is C=CCN1C(=O)N=C(N)C12CCCOCC2. The van der Waals surface area contributed by atoms with E-state index < -0.39 is 5.54 Å². The molecular formula is C11H17N3O2. The summed E-state index contributed by atoms with van der Waals surface area (Å²) in [6.07, 6.45) is 4.15. The van der Waals surface area contributed by atoms with Crippen LogP contribution < -0.4 is 5.73 Å². The molecule has 2 aliphatic heterocycles. The molecule has 0 aromatic carbocycles. The Morgan fingerprint density at radius 3 is 3.12 bits per heavy atom. The number of urea groups is 1. The summed E-state index contributed by atoms with van der Waals surface area (Å²) >= 11 is 0. The maximum absolute atomic E-state index is 11.7. The van der Waals surface area contributed by atoms with Crippen LogP contribution in [0.4, 0.5) is 4.79 Å². The molecule has 2 amide bonds. The third-order valence-electron chi connectivity index (χ3n) is 3.29. The number of nitrogens with two attached hydrogens (primary N) is 1. The van der Waals surface area contributed by atoms with E-state index >= 15 is 0 Å². The Labute approximate surface area is 95.0 Å². The summed E-state index contributed by atoms with van der Waals surface area (Å²) in [6, 6.07) is -0.251. The van der Waals surface area contributed by atoms with Gasteiger partial charge in [0.2, 0.25) is 0 Å². The van der Waals surface area contributed by atoms with Crippen molar-refractivity contribution in [3.8, 4) is 0 Å². The first-order valence-electron chi connectivity index (χ1n) is 5.55. The van der Waals surface area contributed by atoms with Gasteiger partial charge in [0.15, 0.2) is 0 Å². The van der Waals surface area contributed by atoms with Crippen molar-refractivity contribution in [2.45, 2.75) is 24.8 Å². The van der Waals surface area contributed by atoms with E-state index in [0.29, 0.717) is 19.0 Å². The summed E-state index contributed by atoms with van der Waals surface area (Å²) in [7, 11) is 0. The number of hydrogen-bond donors (Lipinski definition) is 1. The van der Waals surface area contributed by atoms with Crippen molar-refractivity contribution in [3.05, 3.63) is 12.7 Å². The van der Waals surface area contributed by atoms with Crippen LogP contribution >= 0.6 is 0 Å². The van der Waals surface area contributed by atoms with Crippen LogP contribution in [-0.4, -0.2) is 42.1 Å². The van der Waals surface area contributed by atoms with Crippen LogP contribution in [0.25, 0.3) is 0 Å². The predicted octanol–water partition coefficient (Wildman–Crippen LogP) is 0.904. The van der Waals surface area contributed by atoms with Crippen molar-refractivity contribution in [2.24, 2.45) is 10.7 Å². The standard InChI is InChI=1S/C11H17N3O2/c1-2-6-14-10(15)13-9(12)11(14)4-3-7-16-8-5-11/h2H,1,3-8H2,(H2,12,13,15). The lowest BCUT2D eigenvalue weighted by atomic mass is 9.88. The van der Waals surface area contributed by atoms with Gasteiger partial charge in [0, 0.05) is 26.2 Å². The molecule has 0 saturated carbocycles. The van der Waals surface area contributed by atoms with E-state index in [1.165, 1.54) is 0 Å². The highest BCUT2D eigenvalue weighted by atomic mass is 16.5. The molecule has 0 aliphatic carbocycles. The third-order valence-corrected chi connectivity index (χ3v) is 3.29. The van der Waals surface area contributed by atoms with Gasteiger partial charge < -0.3 is 15.4 Å². The number of amidine groups is 1. The molecule has 0 radical (unpaired) electrons. The second-order valence-corrected chi connectivity index (χ2v) is 4.18. The minimum atomic E-state index is -0.429. The molecule has 1 atom stereocenters. The molecule has 5 nitrogen and oxygen atoms in total. The third kappa shape index (κ3) is 1.61. The van der Waals surface area contributed by atoms with Crippen molar-refractivity contribution in [1.82, 2.24) is 4.90 Å². The van der Waals surface area contributed by atoms with E-state index in [9.17, 15) is 4.79 Å². The summed E-state index contributed by atoms with van der Waals surface area (Å²) in [4.78, 5) is 17.3. The van der Waals surface area contributed by atoms with Gasteiger partial charge in [-0.15, -0.1) is 6.58 Å². The summed E-state index contributed by atoms with van der Waals surface area (Å²) in [5.41, 5.74) is 5.49. The number of carbonyl (C=O) groups is 1. The second-order valence-electron chi connectivity index (χ2n) is 4.18. The maximum atomic E-state index is 11.7. The van der Waals surface area contributed by atoms with Gasteiger partial charge >= 0.3 is 6.03 Å². The van der Waals surface area contributed by atoms with Gasteiger partial charge in [-0.3, -0.25) is 0 Å². The summed E-state index contributed by atoms with van der Waals surface area (Å²) in [5.74, 6) is 0.435. The summed E-state index contributed by atoms with van der Waals surface area (Å²) in [6.45, 7) is 5.51. The molecule has 0 aromatic rings. The molecule has 1 spiro atoms. The minimum absolute atomic E-state index is 0.251. The lowest BCUT2D eigenvalue weighted by molar-refractivity contribution is 0.129. The van der Waals surface area contributed by atoms with Crippen molar-refractivity contribution in [2.75, 3.05) is 19.8 Å². The van der Waals surface area contributed by atoms with Crippen molar-refractivity contribution in [1.29, 1.82) is 0 Å². The van der Waals surface area contributed by atoms with Gasteiger partial charge in [0.05, 0.1) is 0 Å². The van der Waals surface area contributed by atoms with Gasteiger partial charge in [-0.2, -0.15) is 4.99 Å². The average molecular weight is 223 g/mol. The number of aliphatic imine (C=N–C) groups is 1. The van der Waals surface area contributed by atoms with Gasteiger partial charge in [0.25, 0.3) is 0 Å². The normalized spacial score (nSPS) is 30.4. The monoisotopic (exact) mass is 223 g/mol. The zero-order valence-corrected chi connectivity index (χ0v) is 9.32. The Balaban J connectivity index is 2.29. The summed E-state index contributed by atoms with van der Waals surface area (Å²) in [5, 5.41) is 0. The molecule has 1 fully saturated rings. The van der Waals surface area contributed by atoms with E-state index in [1.54, 1.807) is 11.0 Å². The lowest BCUT2D eigenvalue weighted by Gasteiger charge is -2.36. The molecular weight excluding hydrogens is 206 g/mol. The first kappa shape index (κ1) is 11.1. The van der Waals surface area contributed by atoms with E-state index in [0.717, 1.165) is 25.9 Å². The fraction of sp³-hybridized carbons (Fsp3) is 0.636. The number of hydrogen-bond acceptors (Lipinski definition) is 3. The molecule has 2 rings (SSSR count). The average Bonchev–Trinajstić information content (AvgIpc) is 2.49. The first-order valence-corrected chi connectivity index (χ1v) is 5.55. The number of nitrogens with zero attached hydrogens (tertiary/aromatic N) is 2. The van der Waals surface area contributed by atoms with Crippen LogP contribution in [0, 0.1) is 0 Å². The zero-order valence-electron chi connectivity index (χ0n) is 9.32. The molecule has 0 aromatic heterocycles. The van der Waals surface area contributed by atoms with Crippen LogP contribution in [0.15, 0.2) is 17.6 Å². The number of carbonyl (C=O) groups excluding carboxylic acids is 1. The quantitative estimate of drug-likeness (QED) is 0.707. The molecule has 2 aliphatic rings. The highest BCUT2D eigenvalue weighted by Crippen LogP contribution is 2.33. The predicted molar refractivity (Wildman–Crippen MR) is 61.3 cm³/mol. The topological polar surface area (TPSA) is 67.9 Å². The molecule has 88 valence electrons. The molecule has 5 heteroatoms. The molecule has 2 N–H and O–H groups in total. The van der Waals surface area contributed by atoms with Crippen molar-refractivity contribution < 1.29 is 9.53 Å². The minimum Gasteiger partial charge on any atom is -0.385 e. The largest absolute Gasteiger partial charge is 0.385 e. The van der Waals surface area contributed by atoms with Gasteiger partial charge in [-0.05, 0) is 12.8 Å². The van der Waals surface area contributed by atoms with Gasteiger partial charge in [0.1, 0.15) is 11.4 Å². The highest BCUT2D eigenvalue weighted by molar-refractivity contribution is 6.05. The van der Waals surface area contributed by atoms with Crippen LogP contribution in [0.1, 0.15) is 19.3 Å². The number of rotatable bonds is 2. The van der Waals surface area contributed by atoms with Crippen LogP contribution in [0.2, 0.25) is 0 Å². The first-order chi connectivity index (χ1) is 7.70. The fourth-order valence-corrected chi connectivity index (χ4v) is 2.43. The van der Waals surface area contributed by atoms with Crippen molar-refractivity contribution in [3.63, 3.8) is 0 Å². The van der Waals surface area contributed by atoms with Crippen LogP contribution in [0.3, 0.4) is 0 Å². The van der Waals surface area contributed by atoms with Crippen LogP contribution in [0.5, 0.6) is 0 Å².